The van der Waals surface area contributed by atoms with E-state index in [2.05, 4.69) is 210 Å². The number of fused-ring (bicyclic) bond motifs is 9. The Morgan fingerprint density at radius 3 is 1.19 bits per heavy atom. The predicted molar refractivity (Wildman–Crippen MR) is 466 cm³/mol. The van der Waals surface area contributed by atoms with Crippen molar-refractivity contribution < 1.29 is 28.8 Å². The number of rotatable bonds is 48. The smallest absolute Gasteiger partial charge is 0.338 e. The van der Waals surface area contributed by atoms with E-state index >= 15 is 0 Å². The van der Waals surface area contributed by atoms with Gasteiger partial charge in [-0.2, -0.15) is 8.75 Å². The molecule has 3 N–H and O–H groups in total. The van der Waals surface area contributed by atoms with Gasteiger partial charge in [0.05, 0.1) is 105 Å². The Bertz CT molecular complexity index is 4520. The van der Waals surface area contributed by atoms with Crippen LogP contribution in [0.2, 0.25) is 0 Å². The number of hydrogen-bond donors (Lipinski definition) is 3. The van der Waals surface area contributed by atoms with Crippen LogP contribution in [0, 0.1) is 11.8 Å². The molecule has 0 saturated heterocycles. The second kappa shape index (κ2) is 44.6. The van der Waals surface area contributed by atoms with Crippen molar-refractivity contribution in [1.82, 2.24) is 28.7 Å². The zero-order chi connectivity index (χ0) is 77.2. The maximum atomic E-state index is 12.6. The minimum atomic E-state index is -1.08. The molecule has 8 bridgehead atoms. The number of nitrogens with one attached hydrogen (secondary N) is 2. The third-order valence-electron chi connectivity index (χ3n) is 21.4. The number of H-pyrrole nitrogens is 2. The second-order valence-electron chi connectivity index (χ2n) is 30.2. The lowest BCUT2D eigenvalue weighted by atomic mass is 10.0. The van der Waals surface area contributed by atoms with E-state index in [0.717, 1.165) is 176 Å². The fourth-order valence-corrected chi connectivity index (χ4v) is 15.7. The first kappa shape index (κ1) is 82.5. The Balaban J connectivity index is 1.23. The Hall–Kier alpha value is -9.45. The SMILES string of the molecule is CCCCCCCCOc1cccc(OCCCCCCCC)c1-c1c2nc(c(N(c3ccc(CCCCCC)cc3)c3ccc(CCCCCC)cc3)c3ccc([nH]3)c(-c3c(OCCCCCCCC)cccc3OCCCCCCCC)c3nc(c(C#Cc4ccc(C(=O)O)c5nsnc45)c4ccc1[nH]4)C=C3)C=C2. The van der Waals surface area contributed by atoms with E-state index < -0.39 is 5.97 Å². The number of anilines is 3. The van der Waals surface area contributed by atoms with Crippen LogP contribution in [-0.2, 0) is 12.8 Å². The first-order valence-corrected chi connectivity index (χ1v) is 43.4. The third kappa shape index (κ3) is 22.9. The molecule has 13 nitrogen and oxygen atoms in total. The summed E-state index contributed by atoms with van der Waals surface area (Å²) in [5.74, 6) is 8.88. The summed E-state index contributed by atoms with van der Waals surface area (Å²) in [6.45, 7) is 15.7. The molecule has 111 heavy (non-hydrogen) atoms. The Kier molecular flexibility index (Phi) is 33.1. The average molecular weight is 1510 g/mol. The van der Waals surface area contributed by atoms with Crippen LogP contribution in [0.5, 0.6) is 23.0 Å². The first-order valence-electron chi connectivity index (χ1n) is 42.7. The molecular formula is C97H121N7O6S. The van der Waals surface area contributed by atoms with Gasteiger partial charge in [-0.05, 0) is 172 Å². The number of aromatic nitrogens is 6. The van der Waals surface area contributed by atoms with Gasteiger partial charge < -0.3 is 38.9 Å². The van der Waals surface area contributed by atoms with Crippen LogP contribution >= 0.6 is 11.7 Å². The minimum absolute atomic E-state index is 0.0701. The minimum Gasteiger partial charge on any atom is -0.493 e. The summed E-state index contributed by atoms with van der Waals surface area (Å²) in [5.41, 5.74) is 16.5. The van der Waals surface area contributed by atoms with Gasteiger partial charge in [-0.15, -0.1) is 0 Å². The number of aromatic carboxylic acids is 1. The van der Waals surface area contributed by atoms with Crippen molar-refractivity contribution in [1.29, 1.82) is 0 Å². The molecule has 586 valence electrons. The van der Waals surface area contributed by atoms with Gasteiger partial charge in [-0.1, -0.05) is 257 Å². The number of aryl methyl sites for hydroxylation is 2. The topological polar surface area (TPSA) is 161 Å². The quantitative estimate of drug-likeness (QED) is 0.0246. The standard InChI is InChI=1S/C97H121N7O6S/c1-7-13-19-25-29-35-67-107-86-43-39-44-87(108-68-36-30-26-20-14-8-2)92(86)90-80-61-59-78(98-80)76(57-51-73-52-58-77(97(105)106)95-94(73)102-111-103-95)79-60-62-81(99-79)91(93-88(109-69-37-31-27-21-15-9-3)45-40-46-89(93)110-70-38-32-28-22-16-10-4)83-64-66-85(101-83)96(84-65-63-82(90)100-84)104(74-53-47-71(48-54-74)41-33-23-17-11-5)75-55-49-72(50-56-75)42-34-24-18-12-6/h39-40,43-50,52-56,58-66,98,101H,7-38,41-42,67-70H2,1-6H3,(H,105,106). The molecule has 0 spiro atoms. The Morgan fingerprint density at radius 1 is 0.378 bits per heavy atom. The van der Waals surface area contributed by atoms with Crippen molar-refractivity contribution in [2.45, 2.75) is 260 Å². The lowest BCUT2D eigenvalue weighted by molar-refractivity contribution is 0.0698. The molecule has 4 aromatic heterocycles. The van der Waals surface area contributed by atoms with Gasteiger partial charge in [0.1, 0.15) is 34.0 Å². The molecule has 14 heteroatoms. The summed E-state index contributed by atoms with van der Waals surface area (Å²) in [6, 6.07) is 42.8. The fraction of sp³-hybridized carbons (Fsp3) is 0.454. The Morgan fingerprint density at radius 2 is 0.748 bits per heavy atom. The van der Waals surface area contributed by atoms with E-state index in [1.807, 2.05) is 0 Å². The molecule has 6 heterocycles. The number of aromatic amines is 2. The zero-order valence-corrected chi connectivity index (χ0v) is 68.2. The molecule has 5 aromatic carbocycles. The van der Waals surface area contributed by atoms with Crippen molar-refractivity contribution in [2.75, 3.05) is 31.3 Å². The van der Waals surface area contributed by atoms with Crippen LogP contribution in [0.4, 0.5) is 17.1 Å². The highest BCUT2D eigenvalue weighted by molar-refractivity contribution is 7.00. The molecule has 0 radical (unpaired) electrons. The van der Waals surface area contributed by atoms with Crippen LogP contribution < -0.4 is 23.8 Å². The van der Waals surface area contributed by atoms with E-state index in [9.17, 15) is 9.90 Å². The van der Waals surface area contributed by atoms with E-state index in [-0.39, 0.29) is 5.56 Å². The predicted octanol–water partition coefficient (Wildman–Crippen LogP) is 27.8. The van der Waals surface area contributed by atoms with Crippen molar-refractivity contribution in [3.05, 3.63) is 172 Å². The molecule has 2 aliphatic heterocycles. The van der Waals surface area contributed by atoms with Crippen LogP contribution in [0.15, 0.2) is 121 Å². The number of carbonyl (C=O) groups is 1. The number of unbranched alkanes of at least 4 members (excludes halogenated alkanes) is 26. The highest BCUT2D eigenvalue weighted by atomic mass is 32.1. The van der Waals surface area contributed by atoms with Gasteiger partial charge in [0.15, 0.2) is 0 Å². The van der Waals surface area contributed by atoms with E-state index in [4.69, 9.17) is 28.9 Å². The van der Waals surface area contributed by atoms with E-state index in [0.29, 0.717) is 94.2 Å². The van der Waals surface area contributed by atoms with Crippen molar-refractivity contribution in [3.63, 3.8) is 0 Å². The van der Waals surface area contributed by atoms with Gasteiger partial charge in [-0.25, -0.2) is 14.8 Å². The monoisotopic (exact) mass is 1510 g/mol. The molecule has 0 atom stereocenters. The molecule has 0 aliphatic carbocycles. The number of carboxylic acids is 1. The summed E-state index contributed by atoms with van der Waals surface area (Å²) in [6.07, 6.45) is 47.2. The van der Waals surface area contributed by atoms with Crippen LogP contribution in [-0.4, -0.2) is 66.2 Å². The number of ether oxygens (including phenoxy) is 4. The molecule has 0 unspecified atom stereocenters. The van der Waals surface area contributed by atoms with Gasteiger partial charge in [0.2, 0.25) is 0 Å². The van der Waals surface area contributed by atoms with Gasteiger partial charge in [0, 0.05) is 33.5 Å². The van der Waals surface area contributed by atoms with Crippen molar-refractivity contribution in [3.8, 4) is 57.1 Å². The van der Waals surface area contributed by atoms with Gasteiger partial charge in [-0.3, -0.25) is 0 Å². The number of benzene rings is 5. The molecule has 0 saturated carbocycles. The second-order valence-corrected chi connectivity index (χ2v) is 30.7. The lowest BCUT2D eigenvalue weighted by Gasteiger charge is -2.27. The lowest BCUT2D eigenvalue weighted by Crippen LogP contribution is -2.12. The normalized spacial score (nSPS) is 11.7. The highest BCUT2D eigenvalue weighted by Gasteiger charge is 2.28. The molecule has 2 aliphatic rings. The summed E-state index contributed by atoms with van der Waals surface area (Å²) < 4.78 is 37.5. The van der Waals surface area contributed by atoms with Gasteiger partial charge in [0.25, 0.3) is 0 Å². The number of nitrogens with zero attached hydrogens (tertiary/aromatic N) is 5. The van der Waals surface area contributed by atoms with Crippen molar-refractivity contribution >= 4 is 92.2 Å². The maximum Gasteiger partial charge on any atom is 0.338 e. The first-order chi connectivity index (χ1) is 54.7. The number of hydrogen-bond acceptors (Lipinski definition) is 11. The molecule has 0 amide bonds. The molecular weight excluding hydrogens is 1390 g/mol. The maximum absolute atomic E-state index is 12.6. The summed E-state index contributed by atoms with van der Waals surface area (Å²) in [4.78, 5) is 34.9. The van der Waals surface area contributed by atoms with Crippen LogP contribution in [0.3, 0.4) is 0 Å². The molecule has 9 aromatic rings. The average Bonchev–Trinajstić information content (AvgIpc) is 1.62. The largest absolute Gasteiger partial charge is 0.493 e. The zero-order valence-electron chi connectivity index (χ0n) is 67.4. The fourth-order valence-electron chi connectivity index (χ4n) is 15.1. The van der Waals surface area contributed by atoms with Gasteiger partial charge >= 0.3 is 5.97 Å². The summed E-state index contributed by atoms with van der Waals surface area (Å²) in [7, 11) is 0. The Labute approximate surface area is 665 Å². The van der Waals surface area contributed by atoms with Crippen LogP contribution in [0.1, 0.15) is 302 Å². The molecule has 11 rings (SSSR count). The summed E-state index contributed by atoms with van der Waals surface area (Å²) >= 11 is 0.971. The summed E-state index contributed by atoms with van der Waals surface area (Å²) in [5, 5.41) is 10.3. The van der Waals surface area contributed by atoms with E-state index in [1.54, 1.807) is 12.1 Å². The third-order valence-corrected chi connectivity index (χ3v) is 22.0. The van der Waals surface area contributed by atoms with Crippen molar-refractivity contribution in [2.24, 2.45) is 0 Å². The highest BCUT2D eigenvalue weighted by Crippen LogP contribution is 2.48. The molecule has 0 fully saturated rings. The van der Waals surface area contributed by atoms with Crippen LogP contribution in [0.25, 0.3) is 79.7 Å². The number of carboxylic acid groups (broad SMARTS) is 1. The van der Waals surface area contributed by atoms with E-state index in [1.165, 1.54) is 127 Å².